The van der Waals surface area contributed by atoms with Crippen LogP contribution in [0.25, 0.3) is 0 Å². The van der Waals surface area contributed by atoms with Crippen LogP contribution in [0.4, 0.5) is 5.69 Å². The van der Waals surface area contributed by atoms with Gasteiger partial charge in [0, 0.05) is 23.2 Å². The van der Waals surface area contributed by atoms with E-state index in [-0.39, 0.29) is 5.91 Å². The van der Waals surface area contributed by atoms with Crippen molar-refractivity contribution >= 4 is 27.5 Å². The molecule has 1 aromatic rings. The predicted molar refractivity (Wildman–Crippen MR) is 79.6 cm³/mol. The van der Waals surface area contributed by atoms with Crippen LogP contribution in [-0.4, -0.2) is 30.4 Å². The molecule has 0 aliphatic carbocycles. The van der Waals surface area contributed by atoms with Gasteiger partial charge in [-0.25, -0.2) is 0 Å². The van der Waals surface area contributed by atoms with Crippen molar-refractivity contribution in [2.24, 2.45) is 0 Å². The molecule has 0 fully saturated rings. The molecule has 4 heteroatoms. The Morgan fingerprint density at radius 3 is 2.28 bits per heavy atom. The summed E-state index contributed by atoms with van der Waals surface area (Å²) in [6.45, 7) is 9.00. The highest BCUT2D eigenvalue weighted by Gasteiger charge is 2.08. The molecule has 3 nitrogen and oxygen atoms in total. The van der Waals surface area contributed by atoms with Crippen LogP contribution in [-0.2, 0) is 4.79 Å². The molecule has 0 aliphatic heterocycles. The van der Waals surface area contributed by atoms with Gasteiger partial charge in [0.05, 0.1) is 6.54 Å². The van der Waals surface area contributed by atoms with Gasteiger partial charge in [-0.1, -0.05) is 28.1 Å². The van der Waals surface area contributed by atoms with Crippen LogP contribution in [0.15, 0.2) is 54.0 Å². The van der Waals surface area contributed by atoms with Gasteiger partial charge in [-0.05, 0) is 24.3 Å². The Hall–Kier alpha value is -1.39. The fourth-order valence-corrected chi connectivity index (χ4v) is 1.77. The zero-order chi connectivity index (χ0) is 13.4. The molecule has 0 saturated heterocycles. The fourth-order valence-electron chi connectivity index (χ4n) is 1.51. The SMILES string of the molecule is C=CCN(CC=C)CC(=O)Nc1ccc(Br)cc1. The van der Waals surface area contributed by atoms with Gasteiger partial charge in [0.2, 0.25) is 5.91 Å². The minimum atomic E-state index is -0.0407. The first kappa shape index (κ1) is 14.7. The molecule has 0 aromatic heterocycles. The molecule has 1 aromatic carbocycles. The second-order valence-electron chi connectivity index (χ2n) is 3.83. The number of halogens is 1. The first-order chi connectivity index (χ1) is 8.65. The number of benzene rings is 1. The Morgan fingerprint density at radius 1 is 1.22 bits per heavy atom. The number of hydrogen-bond acceptors (Lipinski definition) is 2. The molecule has 18 heavy (non-hydrogen) atoms. The lowest BCUT2D eigenvalue weighted by Gasteiger charge is -2.17. The summed E-state index contributed by atoms with van der Waals surface area (Å²) in [5.41, 5.74) is 0.792. The number of anilines is 1. The zero-order valence-corrected chi connectivity index (χ0v) is 11.8. The van der Waals surface area contributed by atoms with Gasteiger partial charge in [-0.2, -0.15) is 0 Å². The number of nitrogens with zero attached hydrogens (tertiary/aromatic N) is 1. The highest BCUT2D eigenvalue weighted by Crippen LogP contribution is 2.13. The number of hydrogen-bond donors (Lipinski definition) is 1. The average Bonchev–Trinajstić information content (AvgIpc) is 2.33. The van der Waals surface area contributed by atoms with Crippen LogP contribution in [0.5, 0.6) is 0 Å². The monoisotopic (exact) mass is 308 g/mol. The Kier molecular flexibility index (Phi) is 6.39. The largest absolute Gasteiger partial charge is 0.325 e. The van der Waals surface area contributed by atoms with E-state index >= 15 is 0 Å². The summed E-state index contributed by atoms with van der Waals surface area (Å²) in [6, 6.07) is 7.49. The first-order valence-electron chi connectivity index (χ1n) is 5.65. The summed E-state index contributed by atoms with van der Waals surface area (Å²) < 4.78 is 0.987. The highest BCUT2D eigenvalue weighted by molar-refractivity contribution is 9.10. The van der Waals surface area contributed by atoms with Crippen LogP contribution < -0.4 is 5.32 Å². The maximum Gasteiger partial charge on any atom is 0.238 e. The third kappa shape index (κ3) is 5.29. The molecule has 1 N–H and O–H groups in total. The maximum atomic E-state index is 11.8. The van der Waals surface area contributed by atoms with E-state index < -0.39 is 0 Å². The predicted octanol–water partition coefficient (Wildman–Crippen LogP) is 3.06. The standard InChI is InChI=1S/C14H17BrN2O/c1-3-9-17(10-4-2)11-14(18)16-13-7-5-12(15)6-8-13/h3-8H,1-2,9-11H2,(H,16,18). The summed E-state index contributed by atoms with van der Waals surface area (Å²) in [4.78, 5) is 13.8. The number of carbonyl (C=O) groups is 1. The van der Waals surface area contributed by atoms with E-state index in [1.54, 1.807) is 12.2 Å². The Morgan fingerprint density at radius 2 is 1.78 bits per heavy atom. The molecular weight excluding hydrogens is 292 g/mol. The molecule has 0 bridgehead atoms. The van der Waals surface area contributed by atoms with Gasteiger partial charge < -0.3 is 5.32 Å². The Labute approximate surface area is 116 Å². The van der Waals surface area contributed by atoms with Crippen molar-refractivity contribution in [1.82, 2.24) is 4.90 Å². The third-order valence-electron chi connectivity index (χ3n) is 2.27. The fraction of sp³-hybridized carbons (Fsp3) is 0.214. The topological polar surface area (TPSA) is 32.3 Å². The maximum absolute atomic E-state index is 11.8. The lowest BCUT2D eigenvalue weighted by atomic mass is 10.3. The van der Waals surface area contributed by atoms with E-state index in [0.29, 0.717) is 19.6 Å². The van der Waals surface area contributed by atoms with Gasteiger partial charge in [0.15, 0.2) is 0 Å². The third-order valence-corrected chi connectivity index (χ3v) is 2.80. The minimum absolute atomic E-state index is 0.0407. The number of nitrogens with one attached hydrogen (secondary N) is 1. The Bertz CT molecular complexity index is 404. The molecule has 1 rings (SSSR count). The first-order valence-corrected chi connectivity index (χ1v) is 6.44. The summed E-state index contributed by atoms with van der Waals surface area (Å²) in [7, 11) is 0. The normalized spacial score (nSPS) is 10.1. The van der Waals surface area contributed by atoms with Gasteiger partial charge in [0.25, 0.3) is 0 Å². The molecule has 0 aliphatic rings. The molecule has 96 valence electrons. The molecule has 1 amide bonds. The van der Waals surface area contributed by atoms with E-state index in [1.807, 2.05) is 29.2 Å². The van der Waals surface area contributed by atoms with Gasteiger partial charge in [-0.3, -0.25) is 9.69 Å². The lowest BCUT2D eigenvalue weighted by molar-refractivity contribution is -0.117. The van der Waals surface area contributed by atoms with E-state index in [0.717, 1.165) is 10.2 Å². The van der Waals surface area contributed by atoms with Crippen LogP contribution in [0, 0.1) is 0 Å². The van der Waals surface area contributed by atoms with Crippen molar-refractivity contribution < 1.29 is 4.79 Å². The summed E-state index contributed by atoms with van der Waals surface area (Å²) in [5, 5.41) is 2.85. The molecule has 0 radical (unpaired) electrons. The van der Waals surface area contributed by atoms with Crippen molar-refractivity contribution in [2.45, 2.75) is 0 Å². The lowest BCUT2D eigenvalue weighted by Crippen LogP contribution is -2.33. The van der Waals surface area contributed by atoms with Crippen molar-refractivity contribution in [3.05, 3.63) is 54.0 Å². The van der Waals surface area contributed by atoms with Crippen LogP contribution in [0.3, 0.4) is 0 Å². The highest BCUT2D eigenvalue weighted by atomic mass is 79.9. The van der Waals surface area contributed by atoms with Crippen molar-refractivity contribution in [1.29, 1.82) is 0 Å². The molecule has 0 unspecified atom stereocenters. The van der Waals surface area contributed by atoms with Gasteiger partial charge in [-0.15, -0.1) is 13.2 Å². The van der Waals surface area contributed by atoms with Gasteiger partial charge >= 0.3 is 0 Å². The second kappa shape index (κ2) is 7.84. The van der Waals surface area contributed by atoms with E-state index in [2.05, 4.69) is 34.4 Å². The Balaban J connectivity index is 2.51. The zero-order valence-electron chi connectivity index (χ0n) is 10.2. The summed E-state index contributed by atoms with van der Waals surface area (Å²) in [6.07, 6.45) is 3.55. The van der Waals surface area contributed by atoms with E-state index in [9.17, 15) is 4.79 Å². The molecule has 0 saturated carbocycles. The molecule has 0 atom stereocenters. The quantitative estimate of drug-likeness (QED) is 0.785. The number of carbonyl (C=O) groups excluding carboxylic acids is 1. The number of amides is 1. The smallest absolute Gasteiger partial charge is 0.238 e. The molecular formula is C14H17BrN2O. The summed E-state index contributed by atoms with van der Waals surface area (Å²) in [5.74, 6) is -0.0407. The summed E-state index contributed by atoms with van der Waals surface area (Å²) >= 11 is 3.35. The average molecular weight is 309 g/mol. The molecule has 0 heterocycles. The van der Waals surface area contributed by atoms with E-state index in [4.69, 9.17) is 0 Å². The minimum Gasteiger partial charge on any atom is -0.325 e. The van der Waals surface area contributed by atoms with Crippen LogP contribution in [0.1, 0.15) is 0 Å². The number of rotatable bonds is 7. The van der Waals surface area contributed by atoms with Crippen LogP contribution in [0.2, 0.25) is 0 Å². The van der Waals surface area contributed by atoms with Crippen molar-refractivity contribution in [3.63, 3.8) is 0 Å². The van der Waals surface area contributed by atoms with Crippen LogP contribution >= 0.6 is 15.9 Å². The molecule has 0 spiro atoms. The van der Waals surface area contributed by atoms with Gasteiger partial charge in [0.1, 0.15) is 0 Å². The second-order valence-corrected chi connectivity index (χ2v) is 4.74. The van der Waals surface area contributed by atoms with Crippen molar-refractivity contribution in [3.8, 4) is 0 Å². The van der Waals surface area contributed by atoms with E-state index in [1.165, 1.54) is 0 Å². The van der Waals surface area contributed by atoms with Crippen molar-refractivity contribution in [2.75, 3.05) is 25.0 Å².